The minimum absolute atomic E-state index is 0. The third kappa shape index (κ3) is 72.1. The van der Waals surface area contributed by atoms with E-state index in [4.69, 9.17) is 25.3 Å². The van der Waals surface area contributed by atoms with E-state index < -0.39 is 0 Å². The molecule has 0 saturated carbocycles. The first kappa shape index (κ1) is 46.4. The van der Waals surface area contributed by atoms with Crippen molar-refractivity contribution in [3.8, 4) is 0 Å². The summed E-state index contributed by atoms with van der Waals surface area (Å²) in [6, 6.07) is 0. The SMILES string of the molecule is CCCCCCCCCCCCC[S-].CCCCCCCCCCCCC[S-].[CH2]CC.[CH2]CC.[Sn+2]. The molecule has 0 heterocycles. The summed E-state index contributed by atoms with van der Waals surface area (Å²) in [5, 5.41) is 0. The molecule has 0 nitrogen and oxygen atoms in total. The summed E-state index contributed by atoms with van der Waals surface area (Å²) in [7, 11) is 0. The summed E-state index contributed by atoms with van der Waals surface area (Å²) in [5.74, 6) is 1.91. The van der Waals surface area contributed by atoms with Crippen molar-refractivity contribution in [3.05, 3.63) is 13.8 Å². The van der Waals surface area contributed by atoms with Gasteiger partial charge in [-0.2, -0.15) is 11.5 Å². The standard InChI is InChI=1S/2C13H28S.2C3H7.Sn/c2*1-2-3-4-5-6-7-8-9-10-11-12-13-14;2*1-3-2;/h2*14H,2-13H2,1H3;2*1,3H2,2H3;/q;;;;+2/p-2. The number of rotatable bonds is 22. The van der Waals surface area contributed by atoms with Gasteiger partial charge < -0.3 is 25.3 Å². The van der Waals surface area contributed by atoms with E-state index >= 15 is 0 Å². The largest absolute Gasteiger partial charge is 2.00 e. The normalized spacial score (nSPS) is 9.60. The molecule has 0 N–H and O–H groups in total. The molecule has 0 atom stereocenters. The van der Waals surface area contributed by atoms with Crippen LogP contribution in [0.4, 0.5) is 0 Å². The van der Waals surface area contributed by atoms with Gasteiger partial charge in [0, 0.05) is 0 Å². The molecule has 0 bridgehead atoms. The predicted octanol–water partition coefficient (Wildman–Crippen LogP) is 11.8. The first-order chi connectivity index (χ1) is 16.7. The molecule has 0 aliphatic carbocycles. The van der Waals surface area contributed by atoms with Crippen LogP contribution in [0.3, 0.4) is 0 Å². The van der Waals surface area contributed by atoms with Crippen molar-refractivity contribution in [1.29, 1.82) is 0 Å². The minimum atomic E-state index is 0. The molecule has 0 rings (SSSR count). The summed E-state index contributed by atoms with van der Waals surface area (Å²) in [6.07, 6.45) is 33.0. The van der Waals surface area contributed by atoms with Crippen LogP contribution in [0.25, 0.3) is 0 Å². The second kappa shape index (κ2) is 55.9. The van der Waals surface area contributed by atoms with Crippen LogP contribution in [0.15, 0.2) is 0 Å². The molecule has 212 valence electrons. The van der Waals surface area contributed by atoms with Crippen LogP contribution in [0.2, 0.25) is 0 Å². The van der Waals surface area contributed by atoms with Crippen LogP contribution in [-0.2, 0) is 25.3 Å². The Bertz CT molecular complexity index is 212. The Morgan fingerprint density at radius 1 is 0.343 bits per heavy atom. The van der Waals surface area contributed by atoms with Gasteiger partial charge in [0.15, 0.2) is 0 Å². The van der Waals surface area contributed by atoms with E-state index in [1.165, 1.54) is 141 Å². The van der Waals surface area contributed by atoms with Crippen molar-refractivity contribution in [2.45, 2.75) is 182 Å². The molecule has 0 aliphatic rings. The van der Waals surface area contributed by atoms with Crippen LogP contribution in [-0.4, -0.2) is 35.4 Å². The maximum absolute atomic E-state index is 4.91. The quantitative estimate of drug-likeness (QED) is 0.0660. The Hall–Kier alpha value is 1.50. The van der Waals surface area contributed by atoms with E-state index in [1.54, 1.807) is 0 Å². The van der Waals surface area contributed by atoms with E-state index in [9.17, 15) is 0 Å². The summed E-state index contributed by atoms with van der Waals surface area (Å²) >= 11 is 9.82. The molecular weight excluding hydrogens is 567 g/mol. The molecule has 0 amide bonds. The van der Waals surface area contributed by atoms with Crippen molar-refractivity contribution in [3.63, 3.8) is 0 Å². The molecule has 0 unspecified atom stereocenters. The minimum Gasteiger partial charge on any atom is -0.793 e. The molecule has 4 radical (unpaired) electrons. The fraction of sp³-hybridized carbons (Fsp3) is 0.938. The number of hydrogen-bond acceptors (Lipinski definition) is 2. The van der Waals surface area contributed by atoms with E-state index in [-0.39, 0.29) is 23.9 Å². The summed E-state index contributed by atoms with van der Waals surface area (Å²) in [6.45, 7) is 15.6. The molecule has 0 spiro atoms. The molecule has 0 aromatic rings. The Morgan fingerprint density at radius 2 is 0.486 bits per heavy atom. The topological polar surface area (TPSA) is 0 Å². The fourth-order valence-corrected chi connectivity index (χ4v) is 3.94. The van der Waals surface area contributed by atoms with Gasteiger partial charge in [0.2, 0.25) is 0 Å². The van der Waals surface area contributed by atoms with Crippen LogP contribution in [0, 0.1) is 13.8 Å². The molecular formula is C32H68S2Sn. The van der Waals surface area contributed by atoms with E-state index in [1.807, 2.05) is 13.8 Å². The molecule has 35 heavy (non-hydrogen) atoms. The second-order valence-corrected chi connectivity index (χ2v) is 10.3. The predicted molar refractivity (Wildman–Crippen MR) is 174 cm³/mol. The molecule has 0 aromatic heterocycles. The third-order valence-electron chi connectivity index (χ3n) is 5.50. The Balaban J connectivity index is -0.000000136. The Morgan fingerprint density at radius 3 is 0.629 bits per heavy atom. The van der Waals surface area contributed by atoms with Crippen molar-refractivity contribution in [2.75, 3.05) is 11.5 Å². The maximum Gasteiger partial charge on any atom is 2.00 e. The summed E-state index contributed by atoms with van der Waals surface area (Å²) < 4.78 is 0. The average molecular weight is 636 g/mol. The first-order valence-corrected chi connectivity index (χ1v) is 16.6. The number of unbranched alkanes of at least 4 members (excludes halogenated alkanes) is 20. The summed E-state index contributed by atoms with van der Waals surface area (Å²) in [5.41, 5.74) is 0. The van der Waals surface area contributed by atoms with Crippen LogP contribution >= 0.6 is 0 Å². The zero-order valence-corrected chi connectivity index (χ0v) is 29.6. The molecule has 0 fully saturated rings. The Kier molecular flexibility index (Phi) is 74.0. The van der Waals surface area contributed by atoms with Gasteiger partial charge in [-0.15, -0.1) is 0 Å². The van der Waals surface area contributed by atoms with Gasteiger partial charge in [-0.1, -0.05) is 196 Å². The van der Waals surface area contributed by atoms with Crippen molar-refractivity contribution >= 4 is 49.2 Å². The molecule has 0 saturated heterocycles. The van der Waals surface area contributed by atoms with E-state index in [0.29, 0.717) is 0 Å². The van der Waals surface area contributed by atoms with Gasteiger partial charge in [-0.25, -0.2) is 0 Å². The van der Waals surface area contributed by atoms with Gasteiger partial charge in [-0.3, -0.25) is 0 Å². The van der Waals surface area contributed by atoms with E-state index in [2.05, 4.69) is 27.7 Å². The van der Waals surface area contributed by atoms with Gasteiger partial charge in [0.25, 0.3) is 0 Å². The Labute approximate surface area is 254 Å². The van der Waals surface area contributed by atoms with Crippen molar-refractivity contribution in [2.24, 2.45) is 0 Å². The first-order valence-electron chi connectivity index (χ1n) is 15.4. The zero-order valence-electron chi connectivity index (χ0n) is 25.1. The monoisotopic (exact) mass is 636 g/mol. The van der Waals surface area contributed by atoms with Crippen molar-refractivity contribution < 1.29 is 0 Å². The van der Waals surface area contributed by atoms with Crippen LogP contribution in [0.5, 0.6) is 0 Å². The fourth-order valence-electron chi connectivity index (χ4n) is 3.53. The zero-order chi connectivity index (χ0) is 26.4. The molecule has 0 aromatic carbocycles. The molecule has 3 heteroatoms. The maximum atomic E-state index is 4.91. The van der Waals surface area contributed by atoms with Crippen LogP contribution in [0.1, 0.15) is 182 Å². The van der Waals surface area contributed by atoms with Gasteiger partial charge in [0.05, 0.1) is 0 Å². The van der Waals surface area contributed by atoms with Gasteiger partial charge in [0.1, 0.15) is 0 Å². The van der Waals surface area contributed by atoms with Crippen molar-refractivity contribution in [1.82, 2.24) is 0 Å². The molecule has 0 aliphatic heterocycles. The summed E-state index contributed by atoms with van der Waals surface area (Å²) in [4.78, 5) is 0. The average Bonchev–Trinajstić information content (AvgIpc) is 2.83. The van der Waals surface area contributed by atoms with Gasteiger partial charge >= 0.3 is 23.9 Å². The second-order valence-electron chi connectivity index (χ2n) is 9.48. The third-order valence-corrected chi connectivity index (χ3v) is 6.07. The smallest absolute Gasteiger partial charge is 0.793 e. The van der Waals surface area contributed by atoms with E-state index in [0.717, 1.165) is 24.3 Å². The van der Waals surface area contributed by atoms with Crippen LogP contribution < -0.4 is 0 Å². The number of hydrogen-bond donors (Lipinski definition) is 0. The van der Waals surface area contributed by atoms with Gasteiger partial charge in [-0.05, 0) is 0 Å².